The number of carbonyl (C=O) groups is 3. The molecule has 0 bridgehead atoms. The highest BCUT2D eigenvalue weighted by atomic mass is 16.4. The zero-order chi connectivity index (χ0) is 21.3. The van der Waals surface area contributed by atoms with E-state index >= 15 is 0 Å². The number of anilines is 2. The molecule has 8 nitrogen and oxygen atoms in total. The third-order valence-corrected chi connectivity index (χ3v) is 5.03. The second kappa shape index (κ2) is 7.90. The van der Waals surface area contributed by atoms with E-state index in [-0.39, 0.29) is 36.2 Å². The molecule has 2 aromatic carbocycles. The molecule has 3 amide bonds. The van der Waals surface area contributed by atoms with Crippen LogP contribution in [-0.2, 0) is 16.0 Å². The number of hydrogen-bond acceptors (Lipinski definition) is 6. The van der Waals surface area contributed by atoms with Crippen LogP contribution in [0.25, 0.3) is 0 Å². The number of imide groups is 1. The number of carbonyl (C=O) groups excluding carboxylic acids is 3. The van der Waals surface area contributed by atoms with Crippen molar-refractivity contribution in [1.29, 1.82) is 0 Å². The van der Waals surface area contributed by atoms with Crippen LogP contribution in [-0.4, -0.2) is 27.9 Å². The van der Waals surface area contributed by atoms with Crippen molar-refractivity contribution >= 4 is 29.4 Å². The number of nitrogens with one attached hydrogen (secondary N) is 1. The molecule has 1 aliphatic rings. The summed E-state index contributed by atoms with van der Waals surface area (Å²) >= 11 is 0. The van der Waals surface area contributed by atoms with Crippen LogP contribution in [0.5, 0.6) is 0 Å². The molecule has 0 radical (unpaired) electrons. The van der Waals surface area contributed by atoms with Gasteiger partial charge in [0, 0.05) is 18.4 Å². The zero-order valence-corrected chi connectivity index (χ0v) is 16.6. The quantitative estimate of drug-likeness (QED) is 0.655. The molecular weight excluding hydrogens is 384 g/mol. The van der Waals surface area contributed by atoms with Crippen LogP contribution < -0.4 is 10.2 Å². The Hall–Kier alpha value is -3.81. The van der Waals surface area contributed by atoms with Gasteiger partial charge >= 0.3 is 6.01 Å². The first-order valence-corrected chi connectivity index (χ1v) is 9.56. The van der Waals surface area contributed by atoms with Crippen LogP contribution in [0.4, 0.5) is 11.7 Å². The van der Waals surface area contributed by atoms with Crippen molar-refractivity contribution in [2.75, 3.05) is 10.2 Å². The zero-order valence-electron chi connectivity index (χ0n) is 16.6. The van der Waals surface area contributed by atoms with Crippen molar-refractivity contribution in [3.8, 4) is 0 Å². The molecule has 0 aliphatic carbocycles. The van der Waals surface area contributed by atoms with Crippen LogP contribution in [0, 0.1) is 13.8 Å². The Labute approximate surface area is 172 Å². The first-order valence-electron chi connectivity index (χ1n) is 9.56. The molecule has 1 fully saturated rings. The lowest BCUT2D eigenvalue weighted by Crippen LogP contribution is -2.28. The molecule has 0 unspecified atom stereocenters. The Balaban J connectivity index is 1.46. The molecule has 30 heavy (non-hydrogen) atoms. The number of aryl methyl sites for hydroxylation is 2. The summed E-state index contributed by atoms with van der Waals surface area (Å²) in [5, 5.41) is 10.4. The van der Waals surface area contributed by atoms with Gasteiger partial charge in [0.15, 0.2) is 0 Å². The van der Waals surface area contributed by atoms with Gasteiger partial charge in [-0.15, -0.1) is 5.10 Å². The maximum atomic E-state index is 12.6. The van der Waals surface area contributed by atoms with Crippen LogP contribution in [0.1, 0.15) is 45.8 Å². The molecule has 0 spiro atoms. The minimum absolute atomic E-state index is 0.0161. The van der Waals surface area contributed by atoms with E-state index in [1.807, 2.05) is 26.0 Å². The van der Waals surface area contributed by atoms with Crippen molar-refractivity contribution in [1.82, 2.24) is 10.2 Å². The Kier molecular flexibility index (Phi) is 5.14. The highest BCUT2D eigenvalue weighted by Gasteiger charge is 2.30. The van der Waals surface area contributed by atoms with E-state index in [0.717, 1.165) is 10.5 Å². The summed E-state index contributed by atoms with van der Waals surface area (Å²) in [5.41, 5.74) is 4.06. The Morgan fingerprint density at radius 1 is 1.03 bits per heavy atom. The standard InChI is InChI=1S/C22H20N4O4/c1-13-6-7-15(10-14(13)2)11-18-24-25-22(30-18)23-21(29)16-4-3-5-17(12-16)26-19(27)8-9-20(26)28/h3-7,10,12H,8-9,11H2,1-2H3,(H,23,25,29). The SMILES string of the molecule is Cc1ccc(Cc2nnc(NC(=O)c3cccc(N4C(=O)CCC4=O)c3)o2)cc1C. The largest absolute Gasteiger partial charge is 0.407 e. The van der Waals surface area contributed by atoms with E-state index in [1.165, 1.54) is 17.2 Å². The lowest BCUT2D eigenvalue weighted by molar-refractivity contribution is -0.121. The molecule has 1 saturated heterocycles. The van der Waals surface area contributed by atoms with E-state index in [1.54, 1.807) is 18.2 Å². The lowest BCUT2D eigenvalue weighted by Gasteiger charge is -2.14. The first-order chi connectivity index (χ1) is 14.4. The lowest BCUT2D eigenvalue weighted by atomic mass is 10.0. The van der Waals surface area contributed by atoms with Gasteiger partial charge in [0.05, 0.1) is 12.1 Å². The van der Waals surface area contributed by atoms with Crippen molar-refractivity contribution in [2.24, 2.45) is 0 Å². The minimum atomic E-state index is -0.475. The van der Waals surface area contributed by atoms with Gasteiger partial charge in [-0.25, -0.2) is 0 Å². The van der Waals surface area contributed by atoms with Crippen LogP contribution in [0.3, 0.4) is 0 Å². The van der Waals surface area contributed by atoms with Gasteiger partial charge < -0.3 is 4.42 Å². The fourth-order valence-electron chi connectivity index (χ4n) is 3.28. The van der Waals surface area contributed by atoms with Gasteiger partial charge in [0.2, 0.25) is 17.7 Å². The summed E-state index contributed by atoms with van der Waals surface area (Å²) in [6, 6.07) is 12.4. The van der Waals surface area contributed by atoms with E-state index in [9.17, 15) is 14.4 Å². The summed E-state index contributed by atoms with van der Waals surface area (Å²) in [6.07, 6.45) is 0.819. The van der Waals surface area contributed by atoms with Crippen molar-refractivity contribution in [3.05, 3.63) is 70.6 Å². The molecule has 1 aromatic heterocycles. The second-order valence-electron chi connectivity index (χ2n) is 7.22. The number of hydrogen-bond donors (Lipinski definition) is 1. The molecular formula is C22H20N4O4. The van der Waals surface area contributed by atoms with Crippen LogP contribution in [0.2, 0.25) is 0 Å². The average molecular weight is 404 g/mol. The third kappa shape index (κ3) is 3.98. The third-order valence-electron chi connectivity index (χ3n) is 5.03. The number of nitrogens with zero attached hydrogens (tertiary/aromatic N) is 3. The van der Waals surface area contributed by atoms with E-state index in [2.05, 4.69) is 21.6 Å². The van der Waals surface area contributed by atoms with Crippen molar-refractivity contribution in [2.45, 2.75) is 33.1 Å². The summed E-state index contributed by atoms with van der Waals surface area (Å²) in [5.74, 6) is -0.635. The number of amides is 3. The number of aromatic nitrogens is 2. The maximum absolute atomic E-state index is 12.6. The van der Waals surface area contributed by atoms with Crippen LogP contribution in [0.15, 0.2) is 46.9 Å². The van der Waals surface area contributed by atoms with Gasteiger partial charge in [-0.1, -0.05) is 29.4 Å². The van der Waals surface area contributed by atoms with Gasteiger partial charge in [0.25, 0.3) is 5.91 Å². The molecule has 0 saturated carbocycles. The first kappa shape index (κ1) is 19.5. The Bertz CT molecular complexity index is 1140. The molecule has 4 rings (SSSR count). The Morgan fingerprint density at radius 2 is 1.80 bits per heavy atom. The van der Waals surface area contributed by atoms with E-state index in [4.69, 9.17) is 4.42 Å². The summed E-state index contributed by atoms with van der Waals surface area (Å²) < 4.78 is 5.54. The number of rotatable bonds is 5. The average Bonchev–Trinajstić information content (AvgIpc) is 3.30. The van der Waals surface area contributed by atoms with Gasteiger partial charge in [-0.3, -0.25) is 24.6 Å². The molecule has 1 aliphatic heterocycles. The molecule has 2 heterocycles. The molecule has 152 valence electrons. The predicted molar refractivity (Wildman–Crippen MR) is 109 cm³/mol. The van der Waals surface area contributed by atoms with Gasteiger partial charge in [-0.2, -0.15) is 0 Å². The van der Waals surface area contributed by atoms with Gasteiger partial charge in [0.1, 0.15) is 0 Å². The number of benzene rings is 2. The predicted octanol–water partition coefficient (Wildman–Crippen LogP) is 3.18. The van der Waals surface area contributed by atoms with Crippen molar-refractivity contribution in [3.63, 3.8) is 0 Å². The minimum Gasteiger partial charge on any atom is -0.407 e. The maximum Gasteiger partial charge on any atom is 0.322 e. The molecule has 0 atom stereocenters. The fourth-order valence-corrected chi connectivity index (χ4v) is 3.28. The highest BCUT2D eigenvalue weighted by Crippen LogP contribution is 2.24. The summed E-state index contributed by atoms with van der Waals surface area (Å²) in [7, 11) is 0. The van der Waals surface area contributed by atoms with E-state index in [0.29, 0.717) is 18.0 Å². The fraction of sp³-hybridized carbons (Fsp3) is 0.227. The Morgan fingerprint density at radius 3 is 2.53 bits per heavy atom. The van der Waals surface area contributed by atoms with Crippen molar-refractivity contribution < 1.29 is 18.8 Å². The summed E-state index contributed by atoms with van der Waals surface area (Å²) in [4.78, 5) is 37.5. The molecule has 1 N–H and O–H groups in total. The topological polar surface area (TPSA) is 105 Å². The highest BCUT2D eigenvalue weighted by molar-refractivity contribution is 6.20. The van der Waals surface area contributed by atoms with Gasteiger partial charge in [-0.05, 0) is 48.7 Å². The smallest absolute Gasteiger partial charge is 0.322 e. The molecule has 8 heteroatoms. The monoisotopic (exact) mass is 404 g/mol. The second-order valence-corrected chi connectivity index (χ2v) is 7.22. The normalized spacial score (nSPS) is 13.7. The van der Waals surface area contributed by atoms with E-state index < -0.39 is 5.91 Å². The summed E-state index contributed by atoms with van der Waals surface area (Å²) in [6.45, 7) is 4.08. The molecule has 3 aromatic rings. The van der Waals surface area contributed by atoms with Crippen LogP contribution >= 0.6 is 0 Å².